The molecule has 0 fully saturated rings. The van der Waals surface area contributed by atoms with E-state index in [4.69, 9.17) is 15.3 Å². The summed E-state index contributed by atoms with van der Waals surface area (Å²) in [6.45, 7) is 5.79. The quantitative estimate of drug-likeness (QED) is 0.396. The Labute approximate surface area is 135 Å². The third-order valence-corrected chi connectivity index (χ3v) is 3.06. The van der Waals surface area contributed by atoms with Crippen LogP contribution in [0.4, 0.5) is 10.5 Å². The monoisotopic (exact) mass is 513 g/mol. The van der Waals surface area contributed by atoms with Crippen molar-refractivity contribution < 1.29 is 51.7 Å². The molecule has 0 heterocycles. The molecule has 1 rings (SSSR count). The summed E-state index contributed by atoms with van der Waals surface area (Å²) in [6, 6.07) is 5.07. The Bertz CT molecular complexity index is 227. The van der Waals surface area contributed by atoms with Gasteiger partial charge in [0.05, 0.1) is 0 Å². The van der Waals surface area contributed by atoms with Crippen molar-refractivity contribution in [2.24, 2.45) is 0 Å². The van der Waals surface area contributed by atoms with Gasteiger partial charge in [0.25, 0.3) is 0 Å². The molecular weight excluding hydrogens is 488 g/mol. The second kappa shape index (κ2) is 20.7. The number of hydrogen-bond acceptors (Lipinski definition) is 3. The number of aliphatic hydroxyl groups is 3. The normalized spacial score (nSPS) is 8.47. The molecule has 19 heavy (non-hydrogen) atoms. The summed E-state index contributed by atoms with van der Waals surface area (Å²) in [5.41, 5.74) is 0. The van der Waals surface area contributed by atoms with Gasteiger partial charge in [0.15, 0.2) is 0 Å². The standard InChI is InChI=1S/C5H4F3Ge.3C2H6O.Hf/c6-9(7,8)5-3-1-2-4-5;3*1-2-3;/h1-4H;3*3H,2H2,1H3;/q-1;;;;. The zero-order valence-corrected chi connectivity index (χ0v) is 17.1. The summed E-state index contributed by atoms with van der Waals surface area (Å²) < 4.78 is 35.0. The van der Waals surface area contributed by atoms with Gasteiger partial charge in [-0.05, 0) is 20.8 Å². The molecule has 0 aliphatic heterocycles. The number of rotatable bonds is 1. The van der Waals surface area contributed by atoms with Crippen LogP contribution in [0.3, 0.4) is 0 Å². The van der Waals surface area contributed by atoms with E-state index in [1.54, 1.807) is 20.8 Å². The Balaban J connectivity index is -0.0000000956. The van der Waals surface area contributed by atoms with Crippen LogP contribution in [-0.2, 0) is 25.8 Å². The van der Waals surface area contributed by atoms with E-state index in [0.29, 0.717) is 0 Å². The van der Waals surface area contributed by atoms with Crippen molar-refractivity contribution in [3.05, 3.63) is 24.3 Å². The first-order valence-corrected chi connectivity index (χ1v) is 8.89. The minimum atomic E-state index is -5.94. The van der Waals surface area contributed by atoms with E-state index in [-0.39, 0.29) is 45.7 Å². The van der Waals surface area contributed by atoms with Crippen molar-refractivity contribution in [1.29, 1.82) is 0 Å². The average molecular weight is 510 g/mol. The van der Waals surface area contributed by atoms with Gasteiger partial charge in [0.1, 0.15) is 0 Å². The summed E-state index contributed by atoms with van der Waals surface area (Å²) >= 11 is -5.94. The predicted octanol–water partition coefficient (Wildman–Crippen LogP) is 1.45. The molecule has 0 saturated carbocycles. The van der Waals surface area contributed by atoms with Crippen LogP contribution in [0, 0.1) is 0 Å². The van der Waals surface area contributed by atoms with Gasteiger partial charge in [-0.1, -0.05) is 0 Å². The molecule has 0 atom stereocenters. The molecule has 3 N–H and O–H groups in total. The van der Waals surface area contributed by atoms with Crippen molar-refractivity contribution >= 4 is 19.1 Å². The topological polar surface area (TPSA) is 60.7 Å². The molecule has 0 aromatic heterocycles. The molecule has 1 aromatic rings. The molecule has 0 amide bonds. The van der Waals surface area contributed by atoms with Crippen LogP contribution in [0.1, 0.15) is 20.8 Å². The zero-order chi connectivity index (χ0) is 15.0. The number of halogens is 3. The summed E-state index contributed by atoms with van der Waals surface area (Å²) in [5, 5.41) is 22.7. The maximum absolute atomic E-state index is 11.8. The van der Waals surface area contributed by atoms with Gasteiger partial charge < -0.3 is 15.3 Å². The van der Waals surface area contributed by atoms with Crippen molar-refractivity contribution in [3.63, 3.8) is 0 Å². The third-order valence-electron chi connectivity index (χ3n) is 0.990. The van der Waals surface area contributed by atoms with Crippen LogP contribution < -0.4 is 4.40 Å². The first-order chi connectivity index (χ1) is 8.35. The fourth-order valence-corrected chi connectivity index (χ4v) is 1.76. The molecule has 114 valence electrons. The van der Waals surface area contributed by atoms with Gasteiger partial charge in [-0.3, -0.25) is 0 Å². The van der Waals surface area contributed by atoms with E-state index in [1.165, 1.54) is 12.1 Å². The Morgan fingerprint density at radius 1 is 0.842 bits per heavy atom. The molecule has 8 heteroatoms. The molecule has 0 aliphatic rings. The minimum absolute atomic E-state index is 0. The Morgan fingerprint density at radius 3 is 1.16 bits per heavy atom. The summed E-state index contributed by atoms with van der Waals surface area (Å²) in [4.78, 5) is 0. The minimum Gasteiger partial charge on any atom is 0 e. The largest absolute Gasteiger partial charge is 0 e. The fourth-order valence-electron chi connectivity index (χ4n) is 0.563. The molecule has 0 aliphatic carbocycles. The van der Waals surface area contributed by atoms with Crippen LogP contribution in [0.15, 0.2) is 24.3 Å². The maximum Gasteiger partial charge on any atom is 0 e. The van der Waals surface area contributed by atoms with Gasteiger partial charge in [-0.2, -0.15) is 0 Å². The van der Waals surface area contributed by atoms with Gasteiger partial charge in [0.2, 0.25) is 0 Å². The molecule has 1 aromatic carbocycles. The second-order valence-electron chi connectivity index (χ2n) is 2.62. The zero-order valence-electron chi connectivity index (χ0n) is 11.4. The van der Waals surface area contributed by atoms with Gasteiger partial charge in [-0.15, -0.1) is 0 Å². The Hall–Kier alpha value is 0.433. The summed E-state index contributed by atoms with van der Waals surface area (Å²) in [6.07, 6.45) is 0. The molecule has 0 spiro atoms. The summed E-state index contributed by atoms with van der Waals surface area (Å²) in [5.74, 6) is 0. The van der Waals surface area contributed by atoms with E-state index in [9.17, 15) is 10.5 Å². The van der Waals surface area contributed by atoms with E-state index in [1.807, 2.05) is 0 Å². The second-order valence-corrected chi connectivity index (χ2v) is 5.92. The van der Waals surface area contributed by atoms with Crippen molar-refractivity contribution in [2.45, 2.75) is 20.8 Å². The molecule has 0 bridgehead atoms. The van der Waals surface area contributed by atoms with E-state index >= 15 is 0 Å². The van der Waals surface area contributed by atoms with E-state index in [0.717, 1.165) is 12.1 Å². The first-order valence-electron chi connectivity index (χ1n) is 5.46. The summed E-state index contributed by atoms with van der Waals surface area (Å²) in [7, 11) is 0. The van der Waals surface area contributed by atoms with Crippen LogP contribution in [0.25, 0.3) is 0 Å². The van der Waals surface area contributed by atoms with Crippen LogP contribution >= 0.6 is 0 Å². The van der Waals surface area contributed by atoms with Gasteiger partial charge >= 0.3 is 53.8 Å². The Kier molecular flexibility index (Phi) is 30.3. The third kappa shape index (κ3) is 27.6. The van der Waals surface area contributed by atoms with Crippen LogP contribution in [0.2, 0.25) is 0 Å². The maximum atomic E-state index is 11.8. The van der Waals surface area contributed by atoms with Gasteiger partial charge in [0, 0.05) is 45.7 Å². The SMILES string of the molecule is CCO.CCO.CCO.[F][Ge]([F])([F])[c-]1cccc1.[Hf]. The number of aliphatic hydroxyl groups excluding tert-OH is 3. The molecule has 0 saturated heterocycles. The van der Waals surface area contributed by atoms with Crippen molar-refractivity contribution in [2.75, 3.05) is 19.8 Å². The smallest absolute Gasteiger partial charge is 0 e. The average Bonchev–Trinajstić information content (AvgIpc) is 2.72. The molecular formula is C11H22F3GeHfO3-. The van der Waals surface area contributed by atoms with Crippen molar-refractivity contribution in [3.8, 4) is 0 Å². The fraction of sp³-hybridized carbons (Fsp3) is 0.545. The van der Waals surface area contributed by atoms with Crippen LogP contribution in [-0.4, -0.2) is 49.8 Å². The predicted molar refractivity (Wildman–Crippen MR) is 69.0 cm³/mol. The number of hydrogen-bond donors (Lipinski definition) is 3. The van der Waals surface area contributed by atoms with Crippen molar-refractivity contribution in [1.82, 2.24) is 0 Å². The molecule has 0 unspecified atom stereocenters. The van der Waals surface area contributed by atoms with Crippen LogP contribution in [0.5, 0.6) is 0 Å². The molecule has 3 nitrogen and oxygen atoms in total. The Morgan fingerprint density at radius 2 is 1.05 bits per heavy atom. The van der Waals surface area contributed by atoms with E-state index < -0.39 is 19.1 Å². The van der Waals surface area contributed by atoms with E-state index in [2.05, 4.69) is 0 Å². The van der Waals surface area contributed by atoms with Gasteiger partial charge in [-0.25, -0.2) is 0 Å². The first kappa shape index (κ1) is 27.7. The molecule has 0 radical (unpaired) electrons.